The first-order chi connectivity index (χ1) is 10.3. The maximum absolute atomic E-state index is 13.5. The first-order valence-electron chi connectivity index (χ1n) is 7.74. The van der Waals surface area contributed by atoms with E-state index in [-0.39, 0.29) is 17.8 Å². The number of carboxylic acid groups (broad SMARTS) is 1. The highest BCUT2D eigenvalue weighted by Crippen LogP contribution is 2.28. The van der Waals surface area contributed by atoms with E-state index in [1.165, 1.54) is 12.1 Å². The summed E-state index contributed by atoms with van der Waals surface area (Å²) >= 11 is 0. The van der Waals surface area contributed by atoms with Gasteiger partial charge in [-0.25, -0.2) is 9.18 Å². The van der Waals surface area contributed by atoms with Crippen LogP contribution in [0.15, 0.2) is 24.3 Å². The Morgan fingerprint density at radius 1 is 1.41 bits per heavy atom. The number of nitrogens with one attached hydrogen (secondary N) is 1. The van der Waals surface area contributed by atoms with Gasteiger partial charge < -0.3 is 15.3 Å². The molecule has 6 heteroatoms. The largest absolute Gasteiger partial charge is 0.465 e. The molecule has 1 fully saturated rings. The predicted molar refractivity (Wildman–Crippen MR) is 88.7 cm³/mol. The van der Waals surface area contributed by atoms with Crippen LogP contribution in [-0.4, -0.2) is 49.8 Å². The van der Waals surface area contributed by atoms with Gasteiger partial charge in [0.25, 0.3) is 0 Å². The molecular weight excluding hydrogens is 299 g/mol. The lowest BCUT2D eigenvalue weighted by atomic mass is 9.93. The van der Waals surface area contributed by atoms with Crippen LogP contribution in [-0.2, 0) is 0 Å². The first-order valence-corrected chi connectivity index (χ1v) is 11.4. The summed E-state index contributed by atoms with van der Waals surface area (Å²) in [5.74, 6) is -0.263. The molecule has 1 aliphatic heterocycles. The summed E-state index contributed by atoms with van der Waals surface area (Å²) in [5.41, 5.74) is 0.870. The summed E-state index contributed by atoms with van der Waals surface area (Å²) in [4.78, 5) is 13.2. The van der Waals surface area contributed by atoms with E-state index in [2.05, 4.69) is 25.0 Å². The lowest BCUT2D eigenvalue weighted by Crippen LogP contribution is -2.45. The van der Waals surface area contributed by atoms with Crippen molar-refractivity contribution >= 4 is 14.2 Å². The minimum Gasteiger partial charge on any atom is -0.465 e. The van der Waals surface area contributed by atoms with E-state index in [1.54, 1.807) is 11.0 Å². The van der Waals surface area contributed by atoms with Crippen molar-refractivity contribution in [2.45, 2.75) is 37.6 Å². The normalized spacial score (nSPS) is 21.8. The fourth-order valence-corrected chi connectivity index (χ4v) is 3.84. The molecule has 2 atom stereocenters. The van der Waals surface area contributed by atoms with Crippen LogP contribution in [0, 0.1) is 5.82 Å². The molecule has 0 spiro atoms. The van der Waals surface area contributed by atoms with Crippen LogP contribution < -0.4 is 5.32 Å². The number of carbonyl (C=O) groups is 1. The van der Waals surface area contributed by atoms with Gasteiger partial charge in [-0.2, -0.15) is 0 Å². The molecule has 1 aromatic carbocycles. The SMILES string of the molecule is C[Si](C)(C)CCN(C(=O)O)[C@H]1CNC[C@@H]1c1cccc(F)c1. The lowest BCUT2D eigenvalue weighted by Gasteiger charge is -2.32. The average molecular weight is 324 g/mol. The van der Waals surface area contributed by atoms with Gasteiger partial charge in [0.05, 0.1) is 6.04 Å². The van der Waals surface area contributed by atoms with Crippen LogP contribution in [0.1, 0.15) is 11.5 Å². The van der Waals surface area contributed by atoms with Gasteiger partial charge in [0.15, 0.2) is 0 Å². The van der Waals surface area contributed by atoms with E-state index < -0.39 is 14.2 Å². The molecule has 1 aliphatic rings. The molecule has 2 rings (SSSR count). The van der Waals surface area contributed by atoms with Crippen molar-refractivity contribution in [1.29, 1.82) is 0 Å². The second-order valence-corrected chi connectivity index (χ2v) is 12.8. The minimum atomic E-state index is -1.31. The number of hydrogen-bond donors (Lipinski definition) is 2. The molecule has 0 aromatic heterocycles. The summed E-state index contributed by atoms with van der Waals surface area (Å²) in [6, 6.07) is 7.31. The molecule has 0 radical (unpaired) electrons. The maximum Gasteiger partial charge on any atom is 0.407 e. The molecule has 4 nitrogen and oxygen atoms in total. The van der Waals surface area contributed by atoms with E-state index in [0.717, 1.165) is 11.6 Å². The topological polar surface area (TPSA) is 52.6 Å². The molecule has 0 bridgehead atoms. The third kappa shape index (κ3) is 4.30. The molecule has 0 saturated carbocycles. The van der Waals surface area contributed by atoms with E-state index in [4.69, 9.17) is 0 Å². The number of nitrogens with zero attached hydrogens (tertiary/aromatic N) is 1. The van der Waals surface area contributed by atoms with Crippen molar-refractivity contribution in [3.05, 3.63) is 35.6 Å². The molecule has 0 aliphatic carbocycles. The Balaban J connectivity index is 2.17. The first kappa shape index (κ1) is 17.0. The van der Waals surface area contributed by atoms with Crippen LogP contribution in [0.4, 0.5) is 9.18 Å². The Morgan fingerprint density at radius 3 is 2.73 bits per heavy atom. The number of rotatable bonds is 5. The van der Waals surface area contributed by atoms with Gasteiger partial charge in [-0.15, -0.1) is 0 Å². The molecule has 122 valence electrons. The molecule has 22 heavy (non-hydrogen) atoms. The van der Waals surface area contributed by atoms with E-state index in [9.17, 15) is 14.3 Å². The molecule has 1 heterocycles. The highest BCUT2D eigenvalue weighted by Gasteiger charge is 2.36. The van der Waals surface area contributed by atoms with Crippen LogP contribution in [0.3, 0.4) is 0 Å². The number of amides is 1. The summed E-state index contributed by atoms with van der Waals surface area (Å²) in [7, 11) is -1.31. The molecular formula is C16H25FN2O2Si. The van der Waals surface area contributed by atoms with Gasteiger partial charge in [-0.1, -0.05) is 31.8 Å². The zero-order valence-corrected chi connectivity index (χ0v) is 14.5. The Bertz CT molecular complexity index is 533. The maximum atomic E-state index is 13.5. The third-order valence-electron chi connectivity index (χ3n) is 4.21. The van der Waals surface area contributed by atoms with Crippen molar-refractivity contribution < 1.29 is 14.3 Å². The monoisotopic (exact) mass is 324 g/mol. The van der Waals surface area contributed by atoms with Gasteiger partial charge >= 0.3 is 6.09 Å². The van der Waals surface area contributed by atoms with E-state index in [0.29, 0.717) is 19.6 Å². The van der Waals surface area contributed by atoms with Gasteiger partial charge in [0, 0.05) is 33.6 Å². The molecule has 1 amide bonds. The highest BCUT2D eigenvalue weighted by atomic mass is 28.3. The quantitative estimate of drug-likeness (QED) is 0.818. The second kappa shape index (κ2) is 6.79. The Kier molecular flexibility index (Phi) is 5.23. The number of benzene rings is 1. The minimum absolute atomic E-state index is 0.00781. The highest BCUT2D eigenvalue weighted by molar-refractivity contribution is 6.76. The fraction of sp³-hybridized carbons (Fsp3) is 0.562. The average Bonchev–Trinajstić information content (AvgIpc) is 2.86. The lowest BCUT2D eigenvalue weighted by molar-refractivity contribution is 0.127. The summed E-state index contributed by atoms with van der Waals surface area (Å²) in [5, 5.41) is 12.8. The second-order valence-electron chi connectivity index (χ2n) is 7.17. The van der Waals surface area contributed by atoms with Crippen molar-refractivity contribution in [1.82, 2.24) is 10.2 Å². The standard InChI is InChI=1S/C16H25FN2O2Si/c1-22(2,3)8-7-19(16(20)21)15-11-18-10-14(15)12-5-4-6-13(17)9-12/h4-6,9,14-15,18H,7-8,10-11H2,1-3H3,(H,20,21)/t14-,15+/m1/s1. The predicted octanol–water partition coefficient (Wildman–Crippen LogP) is 3.20. The molecule has 0 unspecified atom stereocenters. The molecule has 1 aromatic rings. The summed E-state index contributed by atoms with van der Waals surface area (Å²) < 4.78 is 13.5. The van der Waals surface area contributed by atoms with Crippen LogP contribution in [0.5, 0.6) is 0 Å². The van der Waals surface area contributed by atoms with E-state index >= 15 is 0 Å². The Hall–Kier alpha value is -1.40. The van der Waals surface area contributed by atoms with Crippen LogP contribution in [0.25, 0.3) is 0 Å². The van der Waals surface area contributed by atoms with Crippen molar-refractivity contribution in [2.75, 3.05) is 19.6 Å². The third-order valence-corrected chi connectivity index (χ3v) is 5.93. The Morgan fingerprint density at radius 2 is 2.14 bits per heavy atom. The zero-order valence-electron chi connectivity index (χ0n) is 13.5. The van der Waals surface area contributed by atoms with Crippen LogP contribution >= 0.6 is 0 Å². The smallest absolute Gasteiger partial charge is 0.407 e. The molecule has 2 N–H and O–H groups in total. The Labute approximate surface area is 132 Å². The van der Waals surface area contributed by atoms with Gasteiger partial charge in [0.1, 0.15) is 5.82 Å². The van der Waals surface area contributed by atoms with Gasteiger partial charge in [0.2, 0.25) is 0 Å². The zero-order chi connectivity index (χ0) is 16.3. The van der Waals surface area contributed by atoms with Crippen LogP contribution in [0.2, 0.25) is 25.7 Å². The van der Waals surface area contributed by atoms with Crippen molar-refractivity contribution in [3.63, 3.8) is 0 Å². The van der Waals surface area contributed by atoms with Crippen molar-refractivity contribution in [2.24, 2.45) is 0 Å². The number of halogens is 1. The van der Waals surface area contributed by atoms with E-state index in [1.807, 2.05) is 6.07 Å². The summed E-state index contributed by atoms with van der Waals surface area (Å²) in [6.07, 6.45) is -0.881. The van der Waals surface area contributed by atoms with Gasteiger partial charge in [-0.3, -0.25) is 0 Å². The van der Waals surface area contributed by atoms with Crippen molar-refractivity contribution in [3.8, 4) is 0 Å². The van der Waals surface area contributed by atoms with Gasteiger partial charge in [-0.05, 0) is 23.7 Å². The fourth-order valence-electron chi connectivity index (χ4n) is 2.93. The summed E-state index contributed by atoms with van der Waals surface area (Å²) in [6.45, 7) is 8.59. The number of hydrogen-bond acceptors (Lipinski definition) is 2. The molecule has 1 saturated heterocycles.